The highest BCUT2D eigenvalue weighted by Crippen LogP contribution is 2.57. The van der Waals surface area contributed by atoms with E-state index in [1.807, 2.05) is 0 Å². The van der Waals surface area contributed by atoms with E-state index in [2.05, 4.69) is 9.97 Å². The van der Waals surface area contributed by atoms with Crippen LogP contribution in [0.2, 0.25) is 0 Å². The van der Waals surface area contributed by atoms with Gasteiger partial charge in [0.25, 0.3) is 0 Å². The summed E-state index contributed by atoms with van der Waals surface area (Å²) in [5.41, 5.74) is -12.4. The molecule has 0 atom stereocenters. The number of aliphatic hydroxyl groups is 2. The maximum atomic E-state index is 15.0. The summed E-state index contributed by atoms with van der Waals surface area (Å²) < 4.78 is 242. The number of alkyl halides is 16. The van der Waals surface area contributed by atoms with E-state index in [-0.39, 0.29) is 110 Å². The van der Waals surface area contributed by atoms with Crippen LogP contribution in [0.3, 0.4) is 0 Å². The van der Waals surface area contributed by atoms with Crippen LogP contribution in [0.1, 0.15) is 22.6 Å². The van der Waals surface area contributed by atoms with Crippen molar-refractivity contribution in [2.75, 3.05) is 13.2 Å². The lowest BCUT2D eigenvalue weighted by Crippen LogP contribution is -3.00. The van der Waals surface area contributed by atoms with Crippen molar-refractivity contribution < 1.29 is 146 Å². The summed E-state index contributed by atoms with van der Waals surface area (Å²) in [7, 11) is 0. The Morgan fingerprint density at radius 2 is 0.708 bits per heavy atom. The van der Waals surface area contributed by atoms with E-state index in [1.165, 1.54) is 33.9 Å². The van der Waals surface area contributed by atoms with Crippen LogP contribution >= 0.6 is 0 Å². The van der Waals surface area contributed by atoms with Gasteiger partial charge in [0.1, 0.15) is 24.6 Å². The minimum Gasteiger partial charge on any atom is -1.00 e. The smallest absolute Gasteiger partial charge is 0.461 e. The zero-order valence-electron chi connectivity index (χ0n) is 31.9. The van der Waals surface area contributed by atoms with E-state index in [1.54, 1.807) is 0 Å². The lowest BCUT2D eigenvalue weighted by Gasteiger charge is -2.38. The number of nitrogens with zero attached hydrogens (tertiary/aromatic N) is 4. The third-order valence-electron chi connectivity index (χ3n) is 9.56. The Bertz CT molecular complexity index is 2360. The SMILES string of the molecule is OCC[n+]1ccc(-c2nc(-c3ccc(C(c4ccc(-c5nc(-c6cc[n+](CCO)cc6)c(C(F)(F)C(F)(F)F)o5)cc4)(C(F)(F)F)C(F)(F)F)cc3)oc2C(F)(F)C(F)(F)F)cc1.[I-].[I-]. The molecule has 0 fully saturated rings. The molecule has 0 unspecified atom stereocenters. The van der Waals surface area contributed by atoms with Crippen molar-refractivity contribution in [2.45, 2.75) is 55.1 Å². The quantitative estimate of drug-likeness (QED) is 0.111. The molecule has 0 spiro atoms. The summed E-state index contributed by atoms with van der Waals surface area (Å²) in [6, 6.07) is 6.93. The molecule has 0 aliphatic carbocycles. The highest BCUT2D eigenvalue weighted by Gasteiger charge is 2.72. The van der Waals surface area contributed by atoms with Crippen LogP contribution in [0, 0.1) is 0 Å². The first-order valence-electron chi connectivity index (χ1n) is 17.7. The third-order valence-corrected chi connectivity index (χ3v) is 9.56. The Balaban J connectivity index is 0.00000462. The van der Waals surface area contributed by atoms with Crippen LogP contribution in [0.5, 0.6) is 0 Å². The van der Waals surface area contributed by atoms with Gasteiger partial charge in [0.2, 0.25) is 28.7 Å². The predicted octanol–water partition coefficient (Wildman–Crippen LogP) is 3.62. The Kier molecular flexibility index (Phi) is 15.5. The molecule has 352 valence electrons. The second-order valence-corrected chi connectivity index (χ2v) is 13.5. The molecular formula is C39H26F16I2N4O4. The monoisotopic (exact) mass is 1170 g/mol. The molecule has 0 bridgehead atoms. The van der Waals surface area contributed by atoms with Crippen LogP contribution in [0.4, 0.5) is 70.2 Å². The maximum absolute atomic E-state index is 15.0. The van der Waals surface area contributed by atoms with Crippen LogP contribution in [0.25, 0.3) is 45.4 Å². The highest BCUT2D eigenvalue weighted by atomic mass is 127. The molecule has 2 aromatic carbocycles. The largest absolute Gasteiger partial charge is 1.00 e. The van der Waals surface area contributed by atoms with Crippen molar-refractivity contribution in [3.05, 3.63) is 120 Å². The van der Waals surface area contributed by atoms with Crippen LogP contribution in [-0.2, 0) is 30.3 Å². The van der Waals surface area contributed by atoms with Crippen molar-refractivity contribution in [2.24, 2.45) is 0 Å². The van der Waals surface area contributed by atoms with Gasteiger partial charge >= 0.3 is 36.6 Å². The van der Waals surface area contributed by atoms with Gasteiger partial charge in [0.15, 0.2) is 37.9 Å². The van der Waals surface area contributed by atoms with E-state index < -0.39 is 98.9 Å². The lowest BCUT2D eigenvalue weighted by molar-refractivity contribution is -0.698. The third kappa shape index (κ3) is 9.80. The highest BCUT2D eigenvalue weighted by molar-refractivity contribution is 5.68. The van der Waals surface area contributed by atoms with Crippen molar-refractivity contribution in [1.29, 1.82) is 0 Å². The van der Waals surface area contributed by atoms with Crippen LogP contribution in [0.15, 0.2) is 106 Å². The summed E-state index contributed by atoms with van der Waals surface area (Å²) in [5, 5.41) is 18.2. The van der Waals surface area contributed by atoms with Crippen molar-refractivity contribution in [1.82, 2.24) is 9.97 Å². The average Bonchev–Trinajstić information content (AvgIpc) is 3.85. The Morgan fingerprint density at radius 3 is 0.954 bits per heavy atom. The molecule has 0 saturated heterocycles. The second-order valence-electron chi connectivity index (χ2n) is 13.5. The van der Waals surface area contributed by atoms with E-state index in [9.17, 15) is 43.9 Å². The van der Waals surface area contributed by atoms with Crippen molar-refractivity contribution >= 4 is 0 Å². The average molecular weight is 1170 g/mol. The molecule has 4 aromatic heterocycles. The number of benzene rings is 2. The Hall–Kier alpha value is -4.58. The first-order valence-corrected chi connectivity index (χ1v) is 17.7. The van der Waals surface area contributed by atoms with Crippen LogP contribution in [-0.4, -0.2) is 58.1 Å². The zero-order chi connectivity index (χ0) is 46.6. The molecule has 8 nitrogen and oxygen atoms in total. The molecule has 6 aromatic rings. The Morgan fingerprint density at radius 1 is 0.415 bits per heavy atom. The summed E-state index contributed by atoms with van der Waals surface area (Å²) in [5.74, 6) is -17.7. The first kappa shape index (κ1) is 53.0. The lowest BCUT2D eigenvalue weighted by atomic mass is 9.72. The molecule has 0 radical (unpaired) electrons. The topological polar surface area (TPSA) is 100 Å². The number of hydrogen-bond acceptors (Lipinski definition) is 6. The molecule has 2 N–H and O–H groups in total. The summed E-state index contributed by atoms with van der Waals surface area (Å²) in [4.78, 5) is 7.35. The number of aromatic nitrogens is 4. The van der Waals surface area contributed by atoms with Gasteiger partial charge in [0.05, 0.1) is 0 Å². The van der Waals surface area contributed by atoms with Gasteiger partial charge in [-0.3, -0.25) is 0 Å². The fourth-order valence-corrected chi connectivity index (χ4v) is 6.43. The first-order chi connectivity index (χ1) is 29.2. The second kappa shape index (κ2) is 19.0. The molecule has 4 heterocycles. The van der Waals surface area contributed by atoms with E-state index in [0.29, 0.717) is 24.3 Å². The number of halogens is 18. The number of oxazole rings is 2. The molecule has 6 rings (SSSR count). The van der Waals surface area contributed by atoms with Gasteiger partial charge < -0.3 is 67.0 Å². The molecule has 26 heteroatoms. The fraction of sp³-hybridized carbons (Fsp3) is 0.282. The molecule has 0 aliphatic rings. The van der Waals surface area contributed by atoms with Crippen LogP contribution < -0.4 is 57.1 Å². The molecule has 65 heavy (non-hydrogen) atoms. The predicted molar refractivity (Wildman–Crippen MR) is 182 cm³/mol. The molecule has 0 amide bonds. The van der Waals surface area contributed by atoms with E-state index >= 15 is 26.3 Å². The summed E-state index contributed by atoms with van der Waals surface area (Å²) >= 11 is 0. The van der Waals surface area contributed by atoms with Gasteiger partial charge in [-0.05, 0) is 35.4 Å². The maximum Gasteiger partial charge on any atom is 0.461 e. The van der Waals surface area contributed by atoms with Crippen molar-refractivity contribution in [3.8, 4) is 45.4 Å². The van der Waals surface area contributed by atoms with Gasteiger partial charge in [-0.25, -0.2) is 19.1 Å². The van der Waals surface area contributed by atoms with E-state index in [0.717, 1.165) is 24.3 Å². The number of rotatable bonds is 12. The zero-order valence-corrected chi connectivity index (χ0v) is 36.2. The van der Waals surface area contributed by atoms with Gasteiger partial charge in [0, 0.05) is 46.5 Å². The van der Waals surface area contributed by atoms with Gasteiger partial charge in [-0.15, -0.1) is 0 Å². The number of hydrogen-bond donors (Lipinski definition) is 2. The Labute approximate surface area is 388 Å². The minimum atomic E-state index is -6.27. The molecule has 0 saturated carbocycles. The summed E-state index contributed by atoms with van der Waals surface area (Å²) in [6.45, 7) is -0.789. The van der Waals surface area contributed by atoms with E-state index in [4.69, 9.17) is 19.0 Å². The number of aliphatic hydroxyl groups excluding tert-OH is 2. The molecular weight excluding hydrogens is 1150 g/mol. The molecule has 0 aliphatic heterocycles. The van der Waals surface area contributed by atoms with Crippen molar-refractivity contribution in [3.63, 3.8) is 0 Å². The fourth-order valence-electron chi connectivity index (χ4n) is 6.43. The minimum absolute atomic E-state index is 0. The summed E-state index contributed by atoms with van der Waals surface area (Å²) in [6.07, 6.45) is -20.4. The van der Waals surface area contributed by atoms with Gasteiger partial charge in [-0.1, -0.05) is 24.3 Å². The van der Waals surface area contributed by atoms with Gasteiger partial charge in [-0.2, -0.15) is 70.2 Å². The number of pyridine rings is 2. The normalized spacial score (nSPS) is 13.1. The standard InChI is InChI=1S/C39H26F16N4O4.2HI/c40-34(41,38(50,51)52)29-27(21-9-13-58(14-10-21)17-19-60)56-31(62-29)23-1-5-25(6-2-23)33(36(44,45)46,37(47,48)49)26-7-3-24(4-8-26)32-57-28(22-11-15-59(16-12-22)18-20-61)30(63-32)35(42,43)39(53,54)55;;/h1-16,60-61H,17-20H2;2*1H/q+2;;/p-2.